The molecule has 0 atom stereocenters. The first kappa shape index (κ1) is 9.11. The Morgan fingerprint density at radius 1 is 1.31 bits per heavy atom. The van der Waals surface area contributed by atoms with E-state index in [1.54, 1.807) is 0 Å². The van der Waals surface area contributed by atoms with Gasteiger partial charge in [-0.3, -0.25) is 20.2 Å². The Kier molecular flexibility index (Phi) is 2.23. The Morgan fingerprint density at radius 3 is 2.31 bits per heavy atom. The predicted molar refractivity (Wildman–Crippen MR) is 43.9 cm³/mol. The van der Waals surface area contributed by atoms with Crippen molar-refractivity contribution in [1.82, 2.24) is 0 Å². The van der Waals surface area contributed by atoms with Gasteiger partial charge in [0.15, 0.2) is 0 Å². The SMILES string of the molecule is C=C1CC=CC([N+](=O)[O-])=C1[N+](=O)[O-]. The van der Waals surface area contributed by atoms with E-state index in [1.807, 2.05) is 0 Å². The standard InChI is InChI=1S/C7H6N2O4/c1-5-3-2-4-6(8(10)11)7(5)9(12)13/h2,4H,1,3H2. The molecule has 0 N–H and O–H groups in total. The van der Waals surface area contributed by atoms with Gasteiger partial charge in [0.2, 0.25) is 0 Å². The summed E-state index contributed by atoms with van der Waals surface area (Å²) in [5.74, 6) is 0. The highest BCUT2D eigenvalue weighted by atomic mass is 16.6. The summed E-state index contributed by atoms with van der Waals surface area (Å²) >= 11 is 0. The van der Waals surface area contributed by atoms with Crippen molar-refractivity contribution >= 4 is 0 Å². The van der Waals surface area contributed by atoms with Crippen LogP contribution in [0.5, 0.6) is 0 Å². The Bertz CT molecular complexity index is 354. The lowest BCUT2D eigenvalue weighted by atomic mass is 10.0. The summed E-state index contributed by atoms with van der Waals surface area (Å²) in [4.78, 5) is 19.2. The molecule has 0 radical (unpaired) electrons. The van der Waals surface area contributed by atoms with Crippen molar-refractivity contribution in [2.45, 2.75) is 6.42 Å². The van der Waals surface area contributed by atoms with Gasteiger partial charge in [0.25, 0.3) is 0 Å². The first-order valence-electron chi connectivity index (χ1n) is 3.41. The minimum atomic E-state index is -0.779. The Morgan fingerprint density at radius 2 is 1.92 bits per heavy atom. The predicted octanol–water partition coefficient (Wildman–Crippen LogP) is 1.27. The van der Waals surface area contributed by atoms with Crippen LogP contribution in [0.4, 0.5) is 0 Å². The second kappa shape index (κ2) is 3.18. The third-order valence-corrected chi connectivity index (χ3v) is 1.60. The molecule has 1 aliphatic rings. The van der Waals surface area contributed by atoms with E-state index in [4.69, 9.17) is 0 Å². The van der Waals surface area contributed by atoms with Gasteiger partial charge in [-0.15, -0.1) is 0 Å². The van der Waals surface area contributed by atoms with Crippen LogP contribution >= 0.6 is 0 Å². The molecule has 1 rings (SSSR count). The Balaban J connectivity index is 3.28. The largest absolute Gasteiger partial charge is 0.348 e. The molecule has 0 aromatic heterocycles. The number of rotatable bonds is 2. The number of nitrogens with zero attached hydrogens (tertiary/aromatic N) is 2. The molecule has 0 aliphatic heterocycles. The van der Waals surface area contributed by atoms with Crippen LogP contribution < -0.4 is 0 Å². The van der Waals surface area contributed by atoms with Gasteiger partial charge in [-0.05, 0) is 6.42 Å². The van der Waals surface area contributed by atoms with E-state index in [2.05, 4.69) is 6.58 Å². The molecule has 0 fully saturated rings. The van der Waals surface area contributed by atoms with Crippen molar-refractivity contribution in [3.63, 3.8) is 0 Å². The fourth-order valence-electron chi connectivity index (χ4n) is 1.04. The summed E-state index contributed by atoms with van der Waals surface area (Å²) in [6.07, 6.45) is 2.90. The summed E-state index contributed by atoms with van der Waals surface area (Å²) < 4.78 is 0. The molecule has 0 bridgehead atoms. The zero-order chi connectivity index (χ0) is 10.0. The lowest BCUT2D eigenvalue weighted by molar-refractivity contribution is -0.465. The quantitative estimate of drug-likeness (QED) is 0.475. The zero-order valence-electron chi connectivity index (χ0n) is 6.60. The molecule has 0 amide bonds. The van der Waals surface area contributed by atoms with E-state index < -0.39 is 21.2 Å². The molecule has 0 saturated carbocycles. The van der Waals surface area contributed by atoms with Crippen LogP contribution in [0.2, 0.25) is 0 Å². The van der Waals surface area contributed by atoms with E-state index in [9.17, 15) is 20.2 Å². The normalized spacial score (nSPS) is 16.2. The summed E-state index contributed by atoms with van der Waals surface area (Å²) in [6, 6.07) is 0. The third kappa shape index (κ3) is 1.61. The maximum atomic E-state index is 10.4. The second-order valence-electron chi connectivity index (χ2n) is 2.46. The van der Waals surface area contributed by atoms with Crippen LogP contribution in [-0.4, -0.2) is 9.85 Å². The van der Waals surface area contributed by atoms with Crippen molar-refractivity contribution in [3.8, 4) is 0 Å². The van der Waals surface area contributed by atoms with Gasteiger partial charge < -0.3 is 0 Å². The molecular formula is C7H6N2O4. The van der Waals surface area contributed by atoms with E-state index in [0.717, 1.165) is 6.08 Å². The highest BCUT2D eigenvalue weighted by Crippen LogP contribution is 2.23. The van der Waals surface area contributed by atoms with E-state index in [1.165, 1.54) is 6.08 Å². The van der Waals surface area contributed by atoms with Crippen LogP contribution in [0.3, 0.4) is 0 Å². The Hall–Kier alpha value is -1.98. The maximum absolute atomic E-state index is 10.4. The first-order valence-corrected chi connectivity index (χ1v) is 3.41. The zero-order valence-corrected chi connectivity index (χ0v) is 6.60. The molecule has 6 nitrogen and oxygen atoms in total. The molecule has 0 spiro atoms. The van der Waals surface area contributed by atoms with Crippen LogP contribution in [0, 0.1) is 20.2 Å². The number of allylic oxidation sites excluding steroid dienone is 3. The van der Waals surface area contributed by atoms with Crippen LogP contribution in [0.25, 0.3) is 0 Å². The van der Waals surface area contributed by atoms with Crippen LogP contribution in [0.15, 0.2) is 35.7 Å². The van der Waals surface area contributed by atoms with Gasteiger partial charge in [0, 0.05) is 11.6 Å². The average molecular weight is 182 g/mol. The summed E-state index contributed by atoms with van der Waals surface area (Å²) in [5, 5.41) is 20.8. The van der Waals surface area contributed by atoms with Crippen LogP contribution in [-0.2, 0) is 0 Å². The monoisotopic (exact) mass is 182 g/mol. The molecule has 0 aromatic rings. The first-order chi connectivity index (χ1) is 6.04. The fourth-order valence-corrected chi connectivity index (χ4v) is 1.04. The molecule has 0 saturated heterocycles. The number of hydrogen-bond acceptors (Lipinski definition) is 4. The molecule has 0 heterocycles. The van der Waals surface area contributed by atoms with Gasteiger partial charge in [-0.25, -0.2) is 0 Å². The van der Waals surface area contributed by atoms with Gasteiger partial charge in [-0.2, -0.15) is 0 Å². The van der Waals surface area contributed by atoms with Gasteiger partial charge >= 0.3 is 11.4 Å². The summed E-state index contributed by atoms with van der Waals surface area (Å²) in [5.41, 5.74) is -0.826. The highest BCUT2D eigenvalue weighted by molar-refractivity contribution is 5.35. The third-order valence-electron chi connectivity index (χ3n) is 1.60. The molecule has 0 aromatic carbocycles. The fraction of sp³-hybridized carbons (Fsp3) is 0.143. The van der Waals surface area contributed by atoms with Gasteiger partial charge in [-0.1, -0.05) is 12.7 Å². The van der Waals surface area contributed by atoms with Crippen molar-refractivity contribution in [2.75, 3.05) is 0 Å². The average Bonchev–Trinajstić information content (AvgIpc) is 2.02. The Labute approximate surface area is 73.2 Å². The minimum Gasteiger partial charge on any atom is -0.258 e. The molecule has 6 heteroatoms. The molecule has 1 aliphatic carbocycles. The van der Waals surface area contributed by atoms with E-state index in [0.29, 0.717) is 0 Å². The lowest BCUT2D eigenvalue weighted by Crippen LogP contribution is -2.12. The van der Waals surface area contributed by atoms with Crippen molar-refractivity contribution in [2.24, 2.45) is 0 Å². The summed E-state index contributed by atoms with van der Waals surface area (Å²) in [7, 11) is 0. The number of hydrogen-bond donors (Lipinski definition) is 0. The van der Waals surface area contributed by atoms with E-state index >= 15 is 0 Å². The van der Waals surface area contributed by atoms with Crippen molar-refractivity contribution < 1.29 is 9.85 Å². The minimum absolute atomic E-state index is 0.166. The second-order valence-corrected chi connectivity index (χ2v) is 2.46. The smallest absolute Gasteiger partial charge is 0.258 e. The van der Waals surface area contributed by atoms with Gasteiger partial charge in [0.1, 0.15) is 0 Å². The molecule has 68 valence electrons. The van der Waals surface area contributed by atoms with Crippen molar-refractivity contribution in [3.05, 3.63) is 55.9 Å². The molecular weight excluding hydrogens is 176 g/mol. The topological polar surface area (TPSA) is 86.3 Å². The maximum Gasteiger partial charge on any atom is 0.348 e. The number of nitro groups is 2. The van der Waals surface area contributed by atoms with E-state index in [-0.39, 0.29) is 12.0 Å². The molecule has 0 unspecified atom stereocenters. The summed E-state index contributed by atoms with van der Waals surface area (Å²) in [6.45, 7) is 3.39. The van der Waals surface area contributed by atoms with Gasteiger partial charge in [0.05, 0.1) is 9.85 Å². The lowest BCUT2D eigenvalue weighted by Gasteiger charge is -2.03. The highest BCUT2D eigenvalue weighted by Gasteiger charge is 2.31. The van der Waals surface area contributed by atoms with Crippen LogP contribution in [0.1, 0.15) is 6.42 Å². The molecule has 13 heavy (non-hydrogen) atoms. The van der Waals surface area contributed by atoms with Crippen molar-refractivity contribution in [1.29, 1.82) is 0 Å².